The Bertz CT molecular complexity index is 187. The fourth-order valence-corrected chi connectivity index (χ4v) is 1.99. The van der Waals surface area contributed by atoms with E-state index in [9.17, 15) is 0 Å². The van der Waals surface area contributed by atoms with Crippen LogP contribution in [0.25, 0.3) is 0 Å². The normalized spacial score (nSPS) is 17.2. The lowest BCUT2D eigenvalue weighted by Gasteiger charge is -2.15. The van der Waals surface area contributed by atoms with Gasteiger partial charge < -0.3 is 5.73 Å². The minimum absolute atomic E-state index is 0.455. The highest BCUT2D eigenvalue weighted by Crippen LogP contribution is 2.18. The standard InChI is InChI=1S/C11H20.C6H12.CH5N/c1-6-10(4)7-8-11(5)9(2)3;1-2-4-6-5-3-1;1-2/h1,9-11H,7-8H2,2-5H3;1-6H2;2H2,1H3. The third kappa shape index (κ3) is 15.5. The molecule has 1 aliphatic rings. The summed E-state index contributed by atoms with van der Waals surface area (Å²) in [4.78, 5) is 0. The molecule has 114 valence electrons. The van der Waals surface area contributed by atoms with E-state index in [2.05, 4.69) is 39.3 Å². The summed E-state index contributed by atoms with van der Waals surface area (Å²) in [7, 11) is 1.50. The van der Waals surface area contributed by atoms with Crippen LogP contribution in [0.15, 0.2) is 0 Å². The topological polar surface area (TPSA) is 26.0 Å². The first-order valence-electron chi connectivity index (χ1n) is 8.11. The predicted molar refractivity (Wildman–Crippen MR) is 89.0 cm³/mol. The highest BCUT2D eigenvalue weighted by atomic mass is 14.4. The molecule has 0 spiro atoms. The van der Waals surface area contributed by atoms with E-state index in [0.29, 0.717) is 5.92 Å². The van der Waals surface area contributed by atoms with E-state index in [-0.39, 0.29) is 0 Å². The van der Waals surface area contributed by atoms with Crippen LogP contribution in [-0.2, 0) is 0 Å². The van der Waals surface area contributed by atoms with Crippen LogP contribution in [-0.4, -0.2) is 7.05 Å². The van der Waals surface area contributed by atoms with Crippen molar-refractivity contribution in [1.82, 2.24) is 0 Å². The van der Waals surface area contributed by atoms with Crippen LogP contribution < -0.4 is 5.73 Å². The molecule has 0 saturated heterocycles. The van der Waals surface area contributed by atoms with E-state index in [1.807, 2.05) is 0 Å². The van der Waals surface area contributed by atoms with Crippen LogP contribution in [0.3, 0.4) is 0 Å². The first-order valence-corrected chi connectivity index (χ1v) is 8.11. The van der Waals surface area contributed by atoms with Gasteiger partial charge >= 0.3 is 0 Å². The largest absolute Gasteiger partial charge is 0.333 e. The maximum atomic E-state index is 5.28. The zero-order valence-corrected chi connectivity index (χ0v) is 14.0. The van der Waals surface area contributed by atoms with E-state index in [0.717, 1.165) is 11.8 Å². The molecule has 1 nitrogen and oxygen atoms in total. The molecular formula is C18H37N. The average Bonchev–Trinajstić information content (AvgIpc) is 2.48. The number of terminal acetylenes is 1. The SMILES string of the molecule is C#CC(C)CCC(C)C(C)C.C1CCCCC1.CN. The Hall–Kier alpha value is -0.480. The molecule has 0 aromatic rings. The van der Waals surface area contributed by atoms with E-state index < -0.39 is 0 Å². The Morgan fingerprint density at radius 3 is 1.47 bits per heavy atom. The molecule has 1 rings (SSSR count). The molecule has 1 fully saturated rings. The molecule has 1 saturated carbocycles. The van der Waals surface area contributed by atoms with Gasteiger partial charge in [0.05, 0.1) is 0 Å². The summed E-state index contributed by atoms with van der Waals surface area (Å²) in [5.41, 5.74) is 4.50. The Labute approximate surface area is 122 Å². The summed E-state index contributed by atoms with van der Waals surface area (Å²) in [5.74, 6) is 4.82. The van der Waals surface area contributed by atoms with Gasteiger partial charge in [0, 0.05) is 5.92 Å². The van der Waals surface area contributed by atoms with Gasteiger partial charge in [0.15, 0.2) is 0 Å². The van der Waals surface area contributed by atoms with Gasteiger partial charge in [0.1, 0.15) is 0 Å². The van der Waals surface area contributed by atoms with Crippen molar-refractivity contribution in [2.24, 2.45) is 23.5 Å². The molecule has 0 radical (unpaired) electrons. The van der Waals surface area contributed by atoms with Gasteiger partial charge in [-0.2, -0.15) is 0 Å². The summed E-state index contributed by atoms with van der Waals surface area (Å²) in [6, 6.07) is 0. The monoisotopic (exact) mass is 267 g/mol. The number of nitrogens with two attached hydrogens (primary N) is 1. The molecule has 0 aromatic carbocycles. The average molecular weight is 268 g/mol. The van der Waals surface area contributed by atoms with Gasteiger partial charge in [-0.1, -0.05) is 66.2 Å². The summed E-state index contributed by atoms with van der Waals surface area (Å²) in [5, 5.41) is 0. The molecule has 1 aliphatic carbocycles. The zero-order valence-electron chi connectivity index (χ0n) is 14.0. The third-order valence-corrected chi connectivity index (χ3v) is 3.98. The van der Waals surface area contributed by atoms with Gasteiger partial charge in [0.25, 0.3) is 0 Å². The summed E-state index contributed by atoms with van der Waals surface area (Å²) < 4.78 is 0. The maximum Gasteiger partial charge on any atom is 0.0172 e. The second-order valence-corrected chi connectivity index (χ2v) is 5.99. The van der Waals surface area contributed by atoms with Crippen LogP contribution >= 0.6 is 0 Å². The molecule has 0 aliphatic heterocycles. The van der Waals surface area contributed by atoms with Crippen molar-refractivity contribution in [1.29, 1.82) is 0 Å². The fourth-order valence-electron chi connectivity index (χ4n) is 1.99. The highest BCUT2D eigenvalue weighted by molar-refractivity contribution is 4.90. The van der Waals surface area contributed by atoms with Gasteiger partial charge in [-0.15, -0.1) is 12.3 Å². The Morgan fingerprint density at radius 1 is 0.842 bits per heavy atom. The van der Waals surface area contributed by atoms with Gasteiger partial charge in [0.2, 0.25) is 0 Å². The van der Waals surface area contributed by atoms with Crippen molar-refractivity contribution in [3.63, 3.8) is 0 Å². The van der Waals surface area contributed by atoms with Crippen molar-refractivity contribution in [3.8, 4) is 12.3 Å². The van der Waals surface area contributed by atoms with Crippen molar-refractivity contribution < 1.29 is 0 Å². The van der Waals surface area contributed by atoms with Crippen molar-refractivity contribution in [3.05, 3.63) is 0 Å². The first-order chi connectivity index (χ1) is 9.07. The van der Waals surface area contributed by atoms with Gasteiger partial charge in [-0.3, -0.25) is 0 Å². The lowest BCUT2D eigenvalue weighted by molar-refractivity contribution is 0.369. The van der Waals surface area contributed by atoms with E-state index in [1.54, 1.807) is 0 Å². The van der Waals surface area contributed by atoms with Crippen molar-refractivity contribution in [2.45, 2.75) is 79.1 Å². The van der Waals surface area contributed by atoms with Gasteiger partial charge in [-0.25, -0.2) is 0 Å². The summed E-state index contributed by atoms with van der Waals surface area (Å²) in [6.45, 7) is 8.96. The van der Waals surface area contributed by atoms with Crippen molar-refractivity contribution >= 4 is 0 Å². The summed E-state index contributed by atoms with van der Waals surface area (Å²) in [6.07, 6.45) is 16.7. The van der Waals surface area contributed by atoms with E-state index in [4.69, 9.17) is 6.42 Å². The van der Waals surface area contributed by atoms with E-state index in [1.165, 1.54) is 58.4 Å². The lowest BCUT2D eigenvalue weighted by Crippen LogP contribution is -2.05. The lowest BCUT2D eigenvalue weighted by atomic mass is 9.90. The van der Waals surface area contributed by atoms with Crippen LogP contribution in [0, 0.1) is 30.1 Å². The minimum Gasteiger partial charge on any atom is -0.333 e. The Balaban J connectivity index is 0. The smallest absolute Gasteiger partial charge is 0.0172 e. The quantitative estimate of drug-likeness (QED) is 0.692. The molecule has 0 amide bonds. The Morgan fingerprint density at radius 2 is 1.21 bits per heavy atom. The third-order valence-electron chi connectivity index (χ3n) is 3.98. The Kier molecular flexibility index (Phi) is 17.1. The second-order valence-electron chi connectivity index (χ2n) is 5.99. The molecule has 19 heavy (non-hydrogen) atoms. The first kappa shape index (κ1) is 20.8. The molecule has 2 unspecified atom stereocenters. The maximum absolute atomic E-state index is 5.28. The minimum atomic E-state index is 0.455. The molecule has 0 heterocycles. The van der Waals surface area contributed by atoms with Crippen LogP contribution in [0.1, 0.15) is 79.1 Å². The molecule has 2 atom stereocenters. The highest BCUT2D eigenvalue weighted by Gasteiger charge is 2.07. The fraction of sp³-hybridized carbons (Fsp3) is 0.889. The van der Waals surface area contributed by atoms with Crippen LogP contribution in [0.5, 0.6) is 0 Å². The predicted octanol–water partition coefficient (Wildman–Crippen LogP) is 5.24. The molecule has 1 heteroatoms. The zero-order chi connectivity index (χ0) is 15.1. The van der Waals surface area contributed by atoms with Crippen molar-refractivity contribution in [2.75, 3.05) is 7.05 Å². The number of rotatable bonds is 4. The van der Waals surface area contributed by atoms with E-state index >= 15 is 0 Å². The number of hydrogen-bond donors (Lipinski definition) is 1. The molecule has 2 N–H and O–H groups in total. The molecular weight excluding hydrogens is 230 g/mol. The van der Waals surface area contributed by atoms with Crippen LogP contribution in [0.4, 0.5) is 0 Å². The van der Waals surface area contributed by atoms with Crippen LogP contribution in [0.2, 0.25) is 0 Å². The second kappa shape index (κ2) is 15.6. The molecule has 0 bridgehead atoms. The van der Waals surface area contributed by atoms with Gasteiger partial charge in [-0.05, 0) is 31.7 Å². The number of hydrogen-bond acceptors (Lipinski definition) is 1. The molecule has 0 aromatic heterocycles. The summed E-state index contributed by atoms with van der Waals surface area (Å²) >= 11 is 0.